The van der Waals surface area contributed by atoms with Crippen LogP contribution in [0.2, 0.25) is 39.3 Å². The van der Waals surface area contributed by atoms with E-state index in [0.717, 1.165) is 24.8 Å². The minimum atomic E-state index is -1.33. The van der Waals surface area contributed by atoms with E-state index in [-0.39, 0.29) is 0 Å². The first-order valence-corrected chi connectivity index (χ1v) is 13.6. The molecule has 0 saturated heterocycles. The molecule has 0 aromatic rings. The Labute approximate surface area is 108 Å². The second-order valence-corrected chi connectivity index (χ2v) is 17.3. The van der Waals surface area contributed by atoms with Crippen molar-refractivity contribution in [1.29, 1.82) is 0 Å². The Morgan fingerprint density at radius 1 is 1.06 bits per heavy atom. The zero-order chi connectivity index (χ0) is 13.3. The third-order valence-electron chi connectivity index (χ3n) is 2.99. The van der Waals surface area contributed by atoms with E-state index in [2.05, 4.69) is 51.1 Å². The molecule has 0 radical (unpaired) electrons. The Hall–Kier alpha value is -0.416. The highest BCUT2D eigenvalue weighted by Crippen LogP contribution is 2.26. The summed E-state index contributed by atoms with van der Waals surface area (Å²) < 4.78 is 0. The number of carbonyl (C=O) groups is 1. The van der Waals surface area contributed by atoms with Gasteiger partial charge in [0.2, 0.25) is 0 Å². The summed E-state index contributed by atoms with van der Waals surface area (Å²) in [6.07, 6.45) is 5.04. The van der Waals surface area contributed by atoms with Crippen LogP contribution in [0.3, 0.4) is 0 Å². The molecule has 0 amide bonds. The van der Waals surface area contributed by atoms with Gasteiger partial charge in [-0.25, -0.2) is 0 Å². The number of rotatable bonds is 3. The van der Waals surface area contributed by atoms with Gasteiger partial charge in [0, 0.05) is 6.42 Å². The smallest absolute Gasteiger partial charge is 0.158 e. The maximum Gasteiger partial charge on any atom is 0.158 e. The van der Waals surface area contributed by atoms with Gasteiger partial charge in [-0.05, 0) is 18.4 Å². The molecule has 3 heteroatoms. The maximum absolute atomic E-state index is 11.7. The van der Waals surface area contributed by atoms with Crippen LogP contribution in [0, 0.1) is 0 Å². The maximum atomic E-state index is 11.7. The van der Waals surface area contributed by atoms with Crippen molar-refractivity contribution >= 4 is 21.9 Å². The van der Waals surface area contributed by atoms with Crippen LogP contribution in [0.1, 0.15) is 19.3 Å². The standard InChI is InChI=1S/C14H26OSi2/c1-16(2,3)11-13(17(4,5)6)10-12-8-7-9-14(12)15/h10-11H,7-9H2,1-6H3/b12-10-,13-11-. The summed E-state index contributed by atoms with van der Waals surface area (Å²) in [6.45, 7) is 14.2. The van der Waals surface area contributed by atoms with Gasteiger partial charge in [-0.3, -0.25) is 4.79 Å². The molecule has 1 aliphatic rings. The summed E-state index contributed by atoms with van der Waals surface area (Å²) in [5.41, 5.74) is 3.58. The van der Waals surface area contributed by atoms with E-state index in [1.165, 1.54) is 5.20 Å². The zero-order valence-electron chi connectivity index (χ0n) is 12.2. The van der Waals surface area contributed by atoms with Crippen molar-refractivity contribution in [2.75, 3.05) is 0 Å². The van der Waals surface area contributed by atoms with Crippen LogP contribution >= 0.6 is 0 Å². The lowest BCUT2D eigenvalue weighted by molar-refractivity contribution is -0.114. The molecule has 0 aromatic heterocycles. The third-order valence-corrected chi connectivity index (χ3v) is 6.48. The van der Waals surface area contributed by atoms with Gasteiger partial charge in [-0.1, -0.05) is 56.3 Å². The summed E-state index contributed by atoms with van der Waals surface area (Å²) in [6, 6.07) is 0. The number of ketones is 1. The molecule has 0 heterocycles. The fourth-order valence-electron chi connectivity index (χ4n) is 2.02. The molecular formula is C14H26OSi2. The fraction of sp³-hybridized carbons (Fsp3) is 0.643. The molecule has 0 atom stereocenters. The molecule has 1 aliphatic carbocycles. The van der Waals surface area contributed by atoms with E-state index in [4.69, 9.17) is 0 Å². The first kappa shape index (κ1) is 14.6. The Balaban J connectivity index is 3.10. The number of hydrogen-bond donors (Lipinski definition) is 0. The SMILES string of the molecule is C[Si](C)(C)/C=C(/C=C1/CCCC1=O)[Si](C)(C)C. The lowest BCUT2D eigenvalue weighted by Crippen LogP contribution is -2.28. The lowest BCUT2D eigenvalue weighted by Gasteiger charge is -2.22. The van der Waals surface area contributed by atoms with Gasteiger partial charge in [0.05, 0.1) is 16.1 Å². The van der Waals surface area contributed by atoms with Crippen molar-refractivity contribution in [3.8, 4) is 0 Å². The van der Waals surface area contributed by atoms with E-state index in [1.54, 1.807) is 0 Å². The van der Waals surface area contributed by atoms with E-state index in [9.17, 15) is 4.79 Å². The number of carbonyl (C=O) groups excluding carboxylic acids is 1. The van der Waals surface area contributed by atoms with Crippen molar-refractivity contribution in [3.05, 3.63) is 22.5 Å². The largest absolute Gasteiger partial charge is 0.295 e. The zero-order valence-corrected chi connectivity index (χ0v) is 14.2. The van der Waals surface area contributed by atoms with Gasteiger partial charge in [-0.2, -0.15) is 0 Å². The van der Waals surface area contributed by atoms with Crippen molar-refractivity contribution in [1.82, 2.24) is 0 Å². The van der Waals surface area contributed by atoms with Crippen molar-refractivity contribution in [3.63, 3.8) is 0 Å². The quantitative estimate of drug-likeness (QED) is 0.548. The van der Waals surface area contributed by atoms with Crippen LogP contribution in [0.15, 0.2) is 22.5 Å². The van der Waals surface area contributed by atoms with Crippen LogP contribution in [-0.2, 0) is 4.79 Å². The molecule has 0 spiro atoms. The van der Waals surface area contributed by atoms with Crippen LogP contribution in [0.25, 0.3) is 0 Å². The van der Waals surface area contributed by atoms with Crippen LogP contribution in [0.5, 0.6) is 0 Å². The highest BCUT2D eigenvalue weighted by atomic mass is 28.3. The molecule has 0 unspecified atom stereocenters. The molecule has 1 rings (SSSR count). The summed E-state index contributed by atoms with van der Waals surface area (Å²) in [4.78, 5) is 11.7. The molecule has 0 aromatic carbocycles. The minimum absolute atomic E-state index is 0.379. The molecular weight excluding hydrogens is 240 g/mol. The predicted molar refractivity (Wildman–Crippen MR) is 81.7 cm³/mol. The summed E-state index contributed by atoms with van der Waals surface area (Å²) in [5, 5.41) is 1.49. The molecule has 96 valence electrons. The number of allylic oxidation sites excluding steroid dienone is 3. The number of hydrogen-bond acceptors (Lipinski definition) is 1. The monoisotopic (exact) mass is 266 g/mol. The van der Waals surface area contributed by atoms with Crippen LogP contribution < -0.4 is 0 Å². The van der Waals surface area contributed by atoms with Crippen molar-refractivity contribution in [2.45, 2.75) is 58.5 Å². The van der Waals surface area contributed by atoms with Gasteiger partial charge >= 0.3 is 0 Å². The topological polar surface area (TPSA) is 17.1 Å². The summed E-state index contributed by atoms with van der Waals surface area (Å²) in [7, 11) is -2.53. The van der Waals surface area contributed by atoms with Gasteiger partial charge in [-0.15, -0.1) is 0 Å². The predicted octanol–water partition coefficient (Wildman–Crippen LogP) is 4.35. The Morgan fingerprint density at radius 3 is 2.00 bits per heavy atom. The molecule has 1 nitrogen and oxygen atoms in total. The lowest BCUT2D eigenvalue weighted by atomic mass is 10.2. The van der Waals surface area contributed by atoms with Crippen molar-refractivity contribution < 1.29 is 4.79 Å². The van der Waals surface area contributed by atoms with Crippen LogP contribution in [0.4, 0.5) is 0 Å². The normalized spacial score (nSPS) is 21.4. The molecule has 1 saturated carbocycles. The van der Waals surface area contributed by atoms with Gasteiger partial charge in [0.15, 0.2) is 5.78 Å². The van der Waals surface area contributed by atoms with E-state index in [0.29, 0.717) is 5.78 Å². The molecule has 0 aliphatic heterocycles. The highest BCUT2D eigenvalue weighted by molar-refractivity contribution is 6.88. The Morgan fingerprint density at radius 2 is 1.65 bits per heavy atom. The summed E-state index contributed by atoms with van der Waals surface area (Å²) in [5.74, 6) is 0.379. The van der Waals surface area contributed by atoms with Gasteiger partial charge < -0.3 is 0 Å². The average molecular weight is 267 g/mol. The minimum Gasteiger partial charge on any atom is -0.295 e. The fourth-order valence-corrected chi connectivity index (χ4v) is 6.68. The van der Waals surface area contributed by atoms with Crippen molar-refractivity contribution in [2.24, 2.45) is 0 Å². The average Bonchev–Trinajstić information content (AvgIpc) is 2.46. The second kappa shape index (κ2) is 5.06. The van der Waals surface area contributed by atoms with Gasteiger partial charge in [0.1, 0.15) is 0 Å². The molecule has 17 heavy (non-hydrogen) atoms. The molecule has 1 fully saturated rings. The first-order chi connectivity index (χ1) is 7.59. The first-order valence-electron chi connectivity index (χ1n) is 6.57. The highest BCUT2D eigenvalue weighted by Gasteiger charge is 2.24. The number of Topliss-reactive ketones (excluding diaryl/α,β-unsaturated/α-hetero) is 1. The molecule has 0 bridgehead atoms. The second-order valence-electron chi connectivity index (χ2n) is 7.16. The third kappa shape index (κ3) is 4.76. The molecule has 0 N–H and O–H groups in total. The summed E-state index contributed by atoms with van der Waals surface area (Å²) >= 11 is 0. The van der Waals surface area contributed by atoms with E-state index in [1.807, 2.05) is 0 Å². The Bertz CT molecular complexity index is 365. The van der Waals surface area contributed by atoms with E-state index >= 15 is 0 Å². The van der Waals surface area contributed by atoms with E-state index < -0.39 is 16.1 Å². The van der Waals surface area contributed by atoms with Crippen LogP contribution in [-0.4, -0.2) is 21.9 Å². The Kier molecular flexibility index (Phi) is 4.36. The van der Waals surface area contributed by atoms with Gasteiger partial charge in [0.25, 0.3) is 0 Å².